The van der Waals surface area contributed by atoms with Crippen molar-refractivity contribution in [3.63, 3.8) is 0 Å². The Kier molecular flexibility index (Phi) is 12.1. The van der Waals surface area contributed by atoms with Gasteiger partial charge in [0.05, 0.1) is 14.8 Å². The fraction of sp³-hybridized carbons (Fsp3) is 0. The molecule has 0 atom stereocenters. The van der Waals surface area contributed by atoms with Gasteiger partial charge in [-0.3, -0.25) is 30.3 Å². The molecule has 6 rings (SSSR count). The number of thiazole rings is 3. The van der Waals surface area contributed by atoms with Gasteiger partial charge in [0, 0.05) is 0 Å². The second kappa shape index (κ2) is 16.0. The molecule has 0 saturated heterocycles. The van der Waals surface area contributed by atoms with Crippen LogP contribution in [0.1, 0.15) is 0 Å². The van der Waals surface area contributed by atoms with Crippen LogP contribution < -0.4 is 17.2 Å². The molecule has 0 aliphatic carbocycles. The second-order valence-corrected chi connectivity index (χ2v) is 17.2. The van der Waals surface area contributed by atoms with Crippen molar-refractivity contribution < 1.29 is 14.8 Å². The van der Waals surface area contributed by atoms with Crippen molar-refractivity contribution in [2.24, 2.45) is 0 Å². The van der Waals surface area contributed by atoms with Crippen LogP contribution >= 0.6 is 103 Å². The molecule has 0 radical (unpaired) electrons. The van der Waals surface area contributed by atoms with E-state index in [-0.39, 0.29) is 15.0 Å². The normalized spacial score (nSPS) is 10.4. The highest BCUT2D eigenvalue weighted by Crippen LogP contribution is 2.37. The van der Waals surface area contributed by atoms with Gasteiger partial charge in [-0.05, 0) is 69.3 Å². The Hall–Kier alpha value is -3.78. The Labute approximate surface area is 284 Å². The molecule has 0 amide bonds. The van der Waals surface area contributed by atoms with Crippen LogP contribution in [-0.2, 0) is 0 Å². The third-order valence-corrected chi connectivity index (χ3v) is 12.2. The highest BCUT2D eigenvalue weighted by Gasteiger charge is 2.16. The summed E-state index contributed by atoms with van der Waals surface area (Å²) in [6, 6.07) is 0. The molecule has 0 aliphatic heterocycles. The maximum Gasteiger partial charge on any atom is 0.344 e. The van der Waals surface area contributed by atoms with Crippen LogP contribution in [0, 0.1) is 30.3 Å². The van der Waals surface area contributed by atoms with Gasteiger partial charge in [0.25, 0.3) is 0 Å². The van der Waals surface area contributed by atoms with E-state index in [1.807, 2.05) is 0 Å². The van der Waals surface area contributed by atoms with Crippen molar-refractivity contribution in [3.05, 3.63) is 48.9 Å². The van der Waals surface area contributed by atoms with Gasteiger partial charge in [0.2, 0.25) is 15.4 Å². The standard InChI is InChI=1S/3C5H3N5O2S3/c3*6-3-8-9-5(14-3)15-4-7-1-2(13-4)10(11)12/h3*1H,(H2,6,8). The lowest BCUT2D eigenvalue weighted by Crippen LogP contribution is -1.80. The van der Waals surface area contributed by atoms with Crippen LogP contribution in [0.3, 0.4) is 0 Å². The van der Waals surface area contributed by atoms with Gasteiger partial charge < -0.3 is 17.2 Å². The zero-order valence-corrected chi connectivity index (χ0v) is 28.3. The number of aromatic nitrogens is 9. The predicted molar refractivity (Wildman–Crippen MR) is 172 cm³/mol. The molecular weight excluding hydrogens is 775 g/mol. The first kappa shape index (κ1) is 34.1. The molecule has 45 heavy (non-hydrogen) atoms. The molecule has 0 unspecified atom stereocenters. The largest absolute Gasteiger partial charge is 0.374 e. The molecule has 0 fully saturated rings. The quantitative estimate of drug-likeness (QED) is 0.129. The molecule has 0 spiro atoms. The maximum absolute atomic E-state index is 10.4. The SMILES string of the molecule is Nc1nnc(Sc2ncc([N+](=O)[O-])s2)s1.Nc1nnc(Sc2ncc([N+](=O)[O-])s2)s1.Nc1nnc(Sc2ncc([N+](=O)[O-])s2)s1. The Balaban J connectivity index is 0.000000154. The summed E-state index contributed by atoms with van der Waals surface area (Å²) < 4.78 is 3.53. The van der Waals surface area contributed by atoms with E-state index in [4.69, 9.17) is 17.2 Å². The first-order valence-electron chi connectivity index (χ1n) is 10.6. The van der Waals surface area contributed by atoms with Crippen molar-refractivity contribution in [3.8, 4) is 0 Å². The monoisotopic (exact) mass is 783 g/mol. The number of hydrogen-bond acceptors (Lipinski definition) is 27. The molecule has 6 heterocycles. The fourth-order valence-corrected chi connectivity index (χ4v) is 10.0. The summed E-state index contributed by atoms with van der Waals surface area (Å²) in [5, 5.41) is 54.5. The Bertz CT molecular complexity index is 1700. The Morgan fingerprint density at radius 1 is 0.467 bits per heavy atom. The van der Waals surface area contributed by atoms with E-state index in [0.717, 1.165) is 34.0 Å². The minimum absolute atomic E-state index is 0.00925. The average Bonchev–Trinajstić information content (AvgIpc) is 3.81. The summed E-state index contributed by atoms with van der Waals surface area (Å²) in [4.78, 5) is 41.4. The average molecular weight is 784 g/mol. The summed E-state index contributed by atoms with van der Waals surface area (Å²) in [5.74, 6) is 0. The highest BCUT2D eigenvalue weighted by atomic mass is 32.2. The lowest BCUT2D eigenvalue weighted by atomic mass is 10.9. The van der Waals surface area contributed by atoms with Gasteiger partial charge >= 0.3 is 15.0 Å². The summed E-state index contributed by atoms with van der Waals surface area (Å²) >= 11 is 10.3. The molecule has 6 aromatic heterocycles. The molecule has 234 valence electrons. The van der Waals surface area contributed by atoms with Crippen molar-refractivity contribution in [1.29, 1.82) is 0 Å². The van der Waals surface area contributed by atoms with E-state index >= 15 is 0 Å². The topological polar surface area (TPSA) is 323 Å². The van der Waals surface area contributed by atoms with Gasteiger partial charge in [0.15, 0.2) is 26.0 Å². The molecule has 30 heteroatoms. The zero-order chi connectivity index (χ0) is 32.5. The second-order valence-electron chi connectivity index (χ2n) is 6.69. The molecule has 21 nitrogen and oxygen atoms in total. The minimum Gasteiger partial charge on any atom is -0.374 e. The maximum atomic E-state index is 10.4. The first-order valence-corrected chi connectivity index (χ1v) is 17.9. The molecule has 0 aliphatic rings. The number of nitrogen functional groups attached to an aromatic ring is 3. The minimum atomic E-state index is -0.476. The third-order valence-electron chi connectivity index (χ3n) is 3.75. The molecule has 6 aromatic rings. The van der Waals surface area contributed by atoms with E-state index in [9.17, 15) is 30.3 Å². The van der Waals surface area contributed by atoms with E-state index in [1.54, 1.807) is 0 Å². The van der Waals surface area contributed by atoms with E-state index in [2.05, 4.69) is 45.5 Å². The Morgan fingerprint density at radius 2 is 0.733 bits per heavy atom. The van der Waals surface area contributed by atoms with Crippen molar-refractivity contribution >= 4 is 134 Å². The number of hydrogen-bond donors (Lipinski definition) is 3. The zero-order valence-electron chi connectivity index (χ0n) is 21.0. The molecule has 0 aromatic carbocycles. The van der Waals surface area contributed by atoms with Crippen LogP contribution in [0.4, 0.5) is 30.4 Å². The van der Waals surface area contributed by atoms with Gasteiger partial charge in [-0.25, -0.2) is 15.0 Å². The van der Waals surface area contributed by atoms with Crippen molar-refractivity contribution in [2.45, 2.75) is 26.0 Å². The lowest BCUT2D eigenvalue weighted by Gasteiger charge is -1.85. The summed E-state index contributed by atoms with van der Waals surface area (Å²) in [6.45, 7) is 0. The van der Waals surface area contributed by atoms with E-state index in [0.29, 0.717) is 41.4 Å². The summed E-state index contributed by atoms with van der Waals surface area (Å²) in [6.07, 6.45) is 3.66. The van der Waals surface area contributed by atoms with Crippen LogP contribution in [0.5, 0.6) is 0 Å². The lowest BCUT2D eigenvalue weighted by molar-refractivity contribution is -0.380. The van der Waals surface area contributed by atoms with Crippen LogP contribution in [0.25, 0.3) is 0 Å². The Morgan fingerprint density at radius 3 is 0.911 bits per heavy atom. The number of anilines is 3. The van der Waals surface area contributed by atoms with Gasteiger partial charge in [-0.1, -0.05) is 34.0 Å². The molecule has 6 N–H and O–H groups in total. The molecular formula is C15H9N15O6S9. The molecule has 0 saturated carbocycles. The van der Waals surface area contributed by atoms with Crippen molar-refractivity contribution in [2.75, 3.05) is 17.2 Å². The van der Waals surface area contributed by atoms with E-state index < -0.39 is 14.8 Å². The molecule has 0 bridgehead atoms. The van der Waals surface area contributed by atoms with Crippen LogP contribution in [0.15, 0.2) is 44.6 Å². The van der Waals surface area contributed by atoms with Crippen LogP contribution in [0.2, 0.25) is 0 Å². The predicted octanol–water partition coefficient (Wildman–Crippen LogP) is 4.91. The van der Waals surface area contributed by atoms with Gasteiger partial charge in [-0.2, -0.15) is 0 Å². The fourth-order valence-electron chi connectivity index (χ4n) is 2.15. The third kappa shape index (κ3) is 10.7. The smallest absolute Gasteiger partial charge is 0.344 e. The first-order chi connectivity index (χ1) is 21.4. The highest BCUT2D eigenvalue weighted by molar-refractivity contribution is 8.03. The number of rotatable bonds is 9. The summed E-state index contributed by atoms with van der Waals surface area (Å²) in [5.41, 5.74) is 16.2. The van der Waals surface area contributed by atoms with Crippen LogP contribution in [-0.4, -0.2) is 60.3 Å². The van der Waals surface area contributed by atoms with E-state index in [1.165, 1.54) is 87.9 Å². The number of nitro groups is 3. The number of nitrogens with two attached hydrogens (primary N) is 3. The summed E-state index contributed by atoms with van der Waals surface area (Å²) in [7, 11) is 0. The van der Waals surface area contributed by atoms with Gasteiger partial charge in [0.1, 0.15) is 18.6 Å². The van der Waals surface area contributed by atoms with Crippen molar-refractivity contribution in [1.82, 2.24) is 45.5 Å². The number of nitrogens with zero attached hydrogens (tertiary/aromatic N) is 12. The van der Waals surface area contributed by atoms with Gasteiger partial charge in [-0.15, -0.1) is 30.6 Å².